The largest absolute Gasteiger partial charge is 0.228 e. The van der Waals surface area contributed by atoms with Crippen molar-refractivity contribution >= 4 is 22.3 Å². The van der Waals surface area contributed by atoms with E-state index in [1.54, 1.807) is 0 Å². The van der Waals surface area contributed by atoms with E-state index < -0.39 is 0 Å². The number of aromatic nitrogens is 2. The van der Waals surface area contributed by atoms with Crippen molar-refractivity contribution in [2.75, 3.05) is 0 Å². The highest BCUT2D eigenvalue weighted by Gasteiger charge is 2.52. The van der Waals surface area contributed by atoms with Gasteiger partial charge in [-0.1, -0.05) is 164 Å². The minimum absolute atomic E-state index is 0.328. The zero-order valence-corrected chi connectivity index (χ0v) is 30.8. The molecule has 1 heterocycles. The second-order valence-electron chi connectivity index (χ2n) is 15.3. The van der Waals surface area contributed by atoms with Crippen LogP contribution in [0.1, 0.15) is 83.3 Å². The number of hydrogen-bond donors (Lipinski definition) is 0. The average molecular weight is 705 g/mol. The lowest BCUT2D eigenvalue weighted by atomic mass is 9.70. The second kappa shape index (κ2) is 12.9. The molecule has 0 unspecified atom stereocenters. The predicted molar refractivity (Wildman–Crippen MR) is 228 cm³/mol. The quantitative estimate of drug-likeness (QED) is 0.178. The summed E-state index contributed by atoms with van der Waals surface area (Å²) in [5.41, 5.74) is 21.3. The molecule has 0 saturated heterocycles. The molecule has 5 aliphatic carbocycles. The number of rotatable bonds is 5. The van der Waals surface area contributed by atoms with Crippen molar-refractivity contribution in [3.8, 4) is 33.6 Å². The molecule has 11 rings (SSSR count). The van der Waals surface area contributed by atoms with Crippen LogP contribution in [0, 0.1) is 0 Å². The molecule has 2 heteroatoms. The van der Waals surface area contributed by atoms with E-state index in [4.69, 9.17) is 9.97 Å². The number of fused-ring (bicyclic) bond motifs is 10. The Balaban J connectivity index is 0.984. The Bertz CT molecular complexity index is 2650. The molecular weight excluding hydrogens is 665 g/mol. The topological polar surface area (TPSA) is 25.8 Å². The van der Waals surface area contributed by atoms with Crippen LogP contribution in [-0.2, 0) is 5.41 Å². The summed E-state index contributed by atoms with van der Waals surface area (Å²) in [6, 6.07) is 45.4. The van der Waals surface area contributed by atoms with Gasteiger partial charge in [-0.25, -0.2) is 9.97 Å². The Morgan fingerprint density at radius 3 is 1.58 bits per heavy atom. The summed E-state index contributed by atoms with van der Waals surface area (Å²) in [6.07, 6.45) is 24.6. The predicted octanol–water partition coefficient (Wildman–Crippen LogP) is 13.2. The summed E-state index contributed by atoms with van der Waals surface area (Å²) in [4.78, 5) is 10.2. The molecule has 0 atom stereocenters. The molecule has 1 aromatic heterocycles. The Morgan fingerprint density at radius 2 is 0.964 bits per heavy atom. The van der Waals surface area contributed by atoms with Crippen molar-refractivity contribution in [2.24, 2.45) is 0 Å². The molecule has 0 N–H and O–H groups in total. The van der Waals surface area contributed by atoms with Crippen LogP contribution in [0.2, 0.25) is 0 Å². The van der Waals surface area contributed by atoms with Crippen molar-refractivity contribution < 1.29 is 0 Å². The molecular formula is C53H40N2. The minimum atomic E-state index is -0.328. The van der Waals surface area contributed by atoms with E-state index in [0.717, 1.165) is 61.3 Å². The molecule has 2 nitrogen and oxygen atoms in total. The fourth-order valence-electron chi connectivity index (χ4n) is 9.82. The third-order valence-electron chi connectivity index (χ3n) is 12.3. The van der Waals surface area contributed by atoms with Crippen LogP contribution in [0.3, 0.4) is 0 Å². The maximum Gasteiger partial charge on any atom is 0.160 e. The Labute approximate surface area is 323 Å². The highest BCUT2D eigenvalue weighted by Crippen LogP contribution is 2.63. The Hall–Kier alpha value is -6.38. The van der Waals surface area contributed by atoms with Crippen molar-refractivity contribution in [1.82, 2.24) is 9.97 Å². The average Bonchev–Trinajstić information content (AvgIpc) is 3.75. The Morgan fingerprint density at radius 1 is 0.436 bits per heavy atom. The Kier molecular flexibility index (Phi) is 7.52. The van der Waals surface area contributed by atoms with Gasteiger partial charge in [-0.3, -0.25) is 0 Å². The van der Waals surface area contributed by atoms with E-state index in [0.29, 0.717) is 0 Å². The molecule has 0 aliphatic heterocycles. The normalized spacial score (nSPS) is 17.1. The van der Waals surface area contributed by atoms with Crippen LogP contribution in [0.15, 0.2) is 170 Å². The zero-order chi connectivity index (χ0) is 36.3. The summed E-state index contributed by atoms with van der Waals surface area (Å²) >= 11 is 0. The lowest BCUT2D eigenvalue weighted by Gasteiger charge is -2.30. The minimum Gasteiger partial charge on any atom is -0.228 e. The SMILES string of the molecule is C1=CC(c2cc(C3=CCCC=C3)nc(-c3ccc(C4=CCCC(c5cccc6c5-c5ccccc5C65c6ccccc6-c6ccccc65)=C4)cc3)n2)=CCC1. The summed E-state index contributed by atoms with van der Waals surface area (Å²) in [7, 11) is 0. The van der Waals surface area contributed by atoms with Crippen LogP contribution >= 0.6 is 0 Å². The van der Waals surface area contributed by atoms with E-state index in [9.17, 15) is 0 Å². The molecule has 0 amide bonds. The van der Waals surface area contributed by atoms with Crippen molar-refractivity contribution in [1.29, 1.82) is 0 Å². The van der Waals surface area contributed by atoms with Gasteiger partial charge >= 0.3 is 0 Å². The molecule has 0 bridgehead atoms. The zero-order valence-electron chi connectivity index (χ0n) is 30.8. The molecule has 0 saturated carbocycles. The fraction of sp³-hybridized carbons (Fsp3) is 0.132. The summed E-state index contributed by atoms with van der Waals surface area (Å²) in [6.45, 7) is 0. The first kappa shape index (κ1) is 32.1. The summed E-state index contributed by atoms with van der Waals surface area (Å²) in [5.74, 6) is 0.773. The highest BCUT2D eigenvalue weighted by atomic mass is 14.9. The number of allylic oxidation sites excluding steroid dienone is 12. The van der Waals surface area contributed by atoms with Gasteiger partial charge in [-0.2, -0.15) is 0 Å². The van der Waals surface area contributed by atoms with Gasteiger partial charge in [0, 0.05) is 5.56 Å². The van der Waals surface area contributed by atoms with Crippen LogP contribution in [0.5, 0.6) is 0 Å². The molecule has 0 radical (unpaired) electrons. The van der Waals surface area contributed by atoms with Crippen molar-refractivity contribution in [3.05, 3.63) is 215 Å². The van der Waals surface area contributed by atoms with Crippen LogP contribution in [0.25, 0.3) is 55.9 Å². The number of benzene rings is 5. The van der Waals surface area contributed by atoms with Gasteiger partial charge in [0.2, 0.25) is 0 Å². The smallest absolute Gasteiger partial charge is 0.160 e. The molecule has 0 fully saturated rings. The maximum atomic E-state index is 5.12. The van der Waals surface area contributed by atoms with Gasteiger partial charge in [-0.15, -0.1) is 0 Å². The van der Waals surface area contributed by atoms with E-state index in [1.165, 1.54) is 77.9 Å². The van der Waals surface area contributed by atoms with Crippen LogP contribution in [-0.4, -0.2) is 9.97 Å². The molecule has 6 aromatic rings. The lowest BCUT2D eigenvalue weighted by Crippen LogP contribution is -2.25. The van der Waals surface area contributed by atoms with Crippen molar-refractivity contribution in [3.63, 3.8) is 0 Å². The van der Waals surface area contributed by atoms with Crippen LogP contribution < -0.4 is 0 Å². The van der Waals surface area contributed by atoms with Gasteiger partial charge in [0.05, 0.1) is 16.8 Å². The maximum absolute atomic E-state index is 5.12. The molecule has 5 aliphatic rings. The standard InChI is InChI=1S/C53H40N2/c1-3-15-36(16-4-1)49-34-50(37-17-5-2-6-18-37)55-52(54-49)38-31-29-35(30-32-38)39-19-13-20-40(33-39)41-24-14-28-48-51(41)44-23-9-12-27-47(44)53(48)45-25-10-7-21-42(45)43-22-8-11-26-46(43)53/h3,5,7-12,14-19,21-34H,1-2,4,6,13,20H2. The molecule has 55 heavy (non-hydrogen) atoms. The lowest BCUT2D eigenvalue weighted by molar-refractivity contribution is 0.793. The molecule has 5 aromatic carbocycles. The number of nitrogens with zero attached hydrogens (tertiary/aromatic N) is 2. The third kappa shape index (κ3) is 5.01. The first-order valence-electron chi connectivity index (χ1n) is 19.9. The highest BCUT2D eigenvalue weighted by molar-refractivity contribution is 6.00. The van der Waals surface area contributed by atoms with Gasteiger partial charge in [0.25, 0.3) is 0 Å². The third-order valence-corrected chi connectivity index (χ3v) is 12.3. The monoisotopic (exact) mass is 704 g/mol. The van der Waals surface area contributed by atoms with Gasteiger partial charge < -0.3 is 0 Å². The summed E-state index contributed by atoms with van der Waals surface area (Å²) < 4.78 is 0. The molecule has 1 spiro atoms. The van der Waals surface area contributed by atoms with Gasteiger partial charge in [0.1, 0.15) is 0 Å². The first-order chi connectivity index (χ1) is 27.3. The van der Waals surface area contributed by atoms with E-state index in [2.05, 4.69) is 170 Å². The number of hydrogen-bond acceptors (Lipinski definition) is 2. The van der Waals surface area contributed by atoms with Gasteiger partial charge in [0.15, 0.2) is 5.82 Å². The second-order valence-corrected chi connectivity index (χ2v) is 15.3. The van der Waals surface area contributed by atoms with Crippen LogP contribution in [0.4, 0.5) is 0 Å². The fourth-order valence-corrected chi connectivity index (χ4v) is 9.82. The molecule has 262 valence electrons. The van der Waals surface area contributed by atoms with Gasteiger partial charge in [-0.05, 0) is 123 Å². The van der Waals surface area contributed by atoms with Crippen molar-refractivity contribution in [2.45, 2.75) is 43.9 Å². The summed E-state index contributed by atoms with van der Waals surface area (Å²) in [5, 5.41) is 0. The van der Waals surface area contributed by atoms with E-state index in [1.807, 2.05) is 0 Å². The van der Waals surface area contributed by atoms with E-state index >= 15 is 0 Å². The first-order valence-corrected chi connectivity index (χ1v) is 19.9. The van der Waals surface area contributed by atoms with E-state index in [-0.39, 0.29) is 5.41 Å².